The first-order valence-corrected chi connectivity index (χ1v) is 16.0. The van der Waals surface area contributed by atoms with E-state index in [4.69, 9.17) is 0 Å². The number of allylic oxidation sites excluding steroid dienone is 4. The predicted octanol–water partition coefficient (Wildman–Crippen LogP) is 11.8. The molecule has 42 heavy (non-hydrogen) atoms. The van der Waals surface area contributed by atoms with Crippen LogP contribution in [0.1, 0.15) is 79.5 Å². The summed E-state index contributed by atoms with van der Waals surface area (Å²) in [5.41, 5.74) is 7.13. The summed E-state index contributed by atoms with van der Waals surface area (Å²) in [4.78, 5) is 0. The van der Waals surface area contributed by atoms with Crippen LogP contribution in [0.3, 0.4) is 0 Å². The van der Waals surface area contributed by atoms with Crippen LogP contribution in [0, 0.1) is 5.92 Å². The minimum absolute atomic E-state index is 0.376. The van der Waals surface area contributed by atoms with Gasteiger partial charge in [-0.2, -0.15) is 0 Å². The van der Waals surface area contributed by atoms with Gasteiger partial charge in [-0.05, 0) is 86.0 Å². The second-order valence-corrected chi connectivity index (χ2v) is 11.5. The SMILES string of the molecule is C=CC(CCCCC(=CCCCCc1ccccc1)CC(C=Cc1ccccc1)c1ccccc1)Cc1ccccc1. The Bertz CT molecular complexity index is 1320. The van der Waals surface area contributed by atoms with E-state index in [1.165, 1.54) is 67.2 Å². The predicted molar refractivity (Wildman–Crippen MR) is 184 cm³/mol. The Labute approximate surface area is 255 Å². The van der Waals surface area contributed by atoms with Crippen LogP contribution in [-0.4, -0.2) is 0 Å². The maximum atomic E-state index is 4.15. The average Bonchev–Trinajstić information content (AvgIpc) is 3.05. The zero-order chi connectivity index (χ0) is 29.1. The van der Waals surface area contributed by atoms with E-state index >= 15 is 0 Å². The molecule has 0 heteroatoms. The molecule has 4 aromatic carbocycles. The Kier molecular flexibility index (Phi) is 13.7. The van der Waals surface area contributed by atoms with Crippen LogP contribution in [0.25, 0.3) is 6.08 Å². The van der Waals surface area contributed by atoms with Crippen LogP contribution >= 0.6 is 0 Å². The van der Waals surface area contributed by atoms with Gasteiger partial charge in [0.25, 0.3) is 0 Å². The number of hydrogen-bond acceptors (Lipinski definition) is 0. The summed E-state index contributed by atoms with van der Waals surface area (Å²) < 4.78 is 0. The monoisotopic (exact) mass is 552 g/mol. The Balaban J connectivity index is 1.39. The number of benzene rings is 4. The highest BCUT2D eigenvalue weighted by molar-refractivity contribution is 5.50. The first kappa shape index (κ1) is 31.0. The van der Waals surface area contributed by atoms with Gasteiger partial charge in [0.1, 0.15) is 0 Å². The van der Waals surface area contributed by atoms with Gasteiger partial charge in [-0.25, -0.2) is 0 Å². The van der Waals surface area contributed by atoms with E-state index in [-0.39, 0.29) is 0 Å². The van der Waals surface area contributed by atoms with E-state index < -0.39 is 0 Å². The third-order valence-corrected chi connectivity index (χ3v) is 8.22. The lowest BCUT2D eigenvalue weighted by atomic mass is 9.87. The van der Waals surface area contributed by atoms with Crippen molar-refractivity contribution >= 4 is 6.08 Å². The molecule has 0 spiro atoms. The average molecular weight is 553 g/mol. The van der Waals surface area contributed by atoms with E-state index in [1.54, 1.807) is 5.57 Å². The van der Waals surface area contributed by atoms with Crippen LogP contribution in [0.5, 0.6) is 0 Å². The Morgan fingerprint density at radius 2 is 1.26 bits per heavy atom. The Morgan fingerprint density at radius 1 is 0.643 bits per heavy atom. The fourth-order valence-electron chi connectivity index (χ4n) is 5.76. The summed E-state index contributed by atoms with van der Waals surface area (Å²) in [7, 11) is 0. The maximum Gasteiger partial charge on any atom is 0.00584 e. The Morgan fingerprint density at radius 3 is 1.93 bits per heavy atom. The molecule has 0 heterocycles. The van der Waals surface area contributed by atoms with Crippen molar-refractivity contribution in [3.8, 4) is 0 Å². The molecule has 0 aliphatic carbocycles. The van der Waals surface area contributed by atoms with Gasteiger partial charge in [0, 0.05) is 5.92 Å². The fourth-order valence-corrected chi connectivity index (χ4v) is 5.76. The van der Waals surface area contributed by atoms with Gasteiger partial charge in [0.05, 0.1) is 0 Å². The number of aryl methyl sites for hydroxylation is 1. The largest absolute Gasteiger partial charge is 0.103 e. The highest BCUT2D eigenvalue weighted by atomic mass is 14.2. The van der Waals surface area contributed by atoms with Gasteiger partial charge in [0.2, 0.25) is 0 Å². The van der Waals surface area contributed by atoms with E-state index in [9.17, 15) is 0 Å². The van der Waals surface area contributed by atoms with Gasteiger partial charge in [-0.3, -0.25) is 0 Å². The van der Waals surface area contributed by atoms with Crippen molar-refractivity contribution in [2.24, 2.45) is 5.92 Å². The van der Waals surface area contributed by atoms with Gasteiger partial charge in [-0.15, -0.1) is 6.58 Å². The molecule has 0 aromatic heterocycles. The van der Waals surface area contributed by atoms with Crippen molar-refractivity contribution in [2.75, 3.05) is 0 Å². The molecule has 4 aromatic rings. The maximum absolute atomic E-state index is 4.15. The van der Waals surface area contributed by atoms with Crippen molar-refractivity contribution in [3.05, 3.63) is 174 Å². The quantitative estimate of drug-likeness (QED) is 0.0850. The third-order valence-electron chi connectivity index (χ3n) is 8.22. The van der Waals surface area contributed by atoms with Crippen LogP contribution in [0.15, 0.2) is 152 Å². The topological polar surface area (TPSA) is 0 Å². The molecule has 216 valence electrons. The summed E-state index contributed by atoms with van der Waals surface area (Å²) in [6, 6.07) is 43.5. The van der Waals surface area contributed by atoms with Gasteiger partial charge < -0.3 is 0 Å². The summed E-state index contributed by atoms with van der Waals surface area (Å²) in [6.45, 7) is 4.15. The highest BCUT2D eigenvalue weighted by Crippen LogP contribution is 2.30. The first-order chi connectivity index (χ1) is 20.8. The van der Waals surface area contributed by atoms with Crippen molar-refractivity contribution in [1.29, 1.82) is 0 Å². The van der Waals surface area contributed by atoms with E-state index in [0.29, 0.717) is 11.8 Å². The molecule has 0 saturated heterocycles. The molecular weight excluding hydrogens is 504 g/mol. The molecule has 0 aliphatic rings. The third kappa shape index (κ3) is 11.5. The molecule has 2 unspecified atom stereocenters. The van der Waals surface area contributed by atoms with E-state index in [0.717, 1.165) is 19.3 Å². The lowest BCUT2D eigenvalue weighted by Crippen LogP contribution is -2.02. The van der Waals surface area contributed by atoms with Crippen molar-refractivity contribution in [3.63, 3.8) is 0 Å². The Hall–Kier alpha value is -3.90. The van der Waals surface area contributed by atoms with Crippen molar-refractivity contribution in [2.45, 2.75) is 70.1 Å². The lowest BCUT2D eigenvalue weighted by Gasteiger charge is -2.18. The smallest absolute Gasteiger partial charge is 0.00584 e. The molecule has 0 saturated carbocycles. The minimum atomic E-state index is 0.376. The number of rotatable bonds is 18. The van der Waals surface area contributed by atoms with E-state index in [2.05, 4.69) is 152 Å². The van der Waals surface area contributed by atoms with Crippen LogP contribution in [0.2, 0.25) is 0 Å². The number of hydrogen-bond donors (Lipinski definition) is 0. The molecule has 2 atom stereocenters. The summed E-state index contributed by atoms with van der Waals surface area (Å²) >= 11 is 0. The molecule has 0 amide bonds. The minimum Gasteiger partial charge on any atom is -0.103 e. The molecule has 0 radical (unpaired) electrons. The zero-order valence-electron chi connectivity index (χ0n) is 25.3. The molecule has 0 nitrogen and oxygen atoms in total. The van der Waals surface area contributed by atoms with Crippen LogP contribution in [0.4, 0.5) is 0 Å². The van der Waals surface area contributed by atoms with Crippen molar-refractivity contribution < 1.29 is 0 Å². The molecule has 0 fully saturated rings. The summed E-state index contributed by atoms with van der Waals surface area (Å²) in [5, 5.41) is 0. The second kappa shape index (κ2) is 18.5. The van der Waals surface area contributed by atoms with Gasteiger partial charge in [0.15, 0.2) is 0 Å². The molecule has 0 N–H and O–H groups in total. The standard InChI is InChI=1S/C42H48/c1-2-36(34-39-26-13-6-14-27-39)20-18-19-29-40(28-15-5-10-23-37-21-8-3-9-22-37)35-42(41-30-16-7-17-31-41)33-32-38-24-11-4-12-25-38/h2-4,6-9,11-14,16-17,21-22,24-28,30-33,36,42H,1,5,10,15,18-20,23,29,34-35H2. The second-order valence-electron chi connectivity index (χ2n) is 11.5. The van der Waals surface area contributed by atoms with Gasteiger partial charge in [-0.1, -0.05) is 158 Å². The molecular formula is C42H48. The zero-order valence-corrected chi connectivity index (χ0v) is 25.3. The first-order valence-electron chi connectivity index (χ1n) is 16.0. The van der Waals surface area contributed by atoms with Gasteiger partial charge >= 0.3 is 0 Å². The van der Waals surface area contributed by atoms with E-state index in [1.807, 2.05) is 0 Å². The molecule has 4 rings (SSSR count). The summed E-state index contributed by atoms with van der Waals surface area (Å²) in [6.07, 6.45) is 21.3. The fraction of sp³-hybridized carbons (Fsp3) is 0.286. The molecule has 0 aliphatic heterocycles. The van der Waals surface area contributed by atoms with Crippen LogP contribution < -0.4 is 0 Å². The number of unbranched alkanes of at least 4 members (excludes halogenated alkanes) is 3. The lowest BCUT2D eigenvalue weighted by molar-refractivity contribution is 0.537. The normalized spacial score (nSPS) is 13.2. The van der Waals surface area contributed by atoms with Crippen LogP contribution in [-0.2, 0) is 12.8 Å². The molecule has 0 bridgehead atoms. The summed E-state index contributed by atoms with van der Waals surface area (Å²) in [5.74, 6) is 0.921. The van der Waals surface area contributed by atoms with Crippen molar-refractivity contribution in [1.82, 2.24) is 0 Å². The highest BCUT2D eigenvalue weighted by Gasteiger charge is 2.12.